The van der Waals surface area contributed by atoms with Crippen LogP contribution in [0.4, 0.5) is 5.69 Å². The number of hydrogen-bond donors (Lipinski definition) is 0. The summed E-state index contributed by atoms with van der Waals surface area (Å²) in [5.41, 5.74) is 0.615. The molecular weight excluding hydrogens is 244 g/mol. The first-order chi connectivity index (χ1) is 7.91. The summed E-state index contributed by atoms with van der Waals surface area (Å²) in [5, 5.41) is 11.3. The van der Waals surface area contributed by atoms with E-state index >= 15 is 0 Å². The maximum atomic E-state index is 10.9. The number of nitro groups is 1. The van der Waals surface area contributed by atoms with E-state index in [-0.39, 0.29) is 11.4 Å². The zero-order chi connectivity index (χ0) is 13.0. The minimum Gasteiger partial charge on any atom is -0.485 e. The Morgan fingerprint density at radius 3 is 2.65 bits per heavy atom. The Bertz CT molecular complexity index is 421. The Morgan fingerprint density at radius 2 is 2.12 bits per heavy atom. The van der Waals surface area contributed by atoms with Crippen LogP contribution in [0.15, 0.2) is 12.1 Å². The van der Waals surface area contributed by atoms with Crippen molar-refractivity contribution in [3.63, 3.8) is 0 Å². The van der Waals surface area contributed by atoms with E-state index in [0.29, 0.717) is 23.7 Å². The number of aryl methyl sites for hydroxylation is 1. The average molecular weight is 259 g/mol. The highest BCUT2D eigenvalue weighted by molar-refractivity contribution is 6.31. The van der Waals surface area contributed by atoms with Crippen molar-refractivity contribution in [3.05, 3.63) is 32.8 Å². The van der Waals surface area contributed by atoms with E-state index in [2.05, 4.69) is 0 Å². The van der Waals surface area contributed by atoms with Crippen LogP contribution in [-0.4, -0.2) is 37.1 Å². The van der Waals surface area contributed by atoms with Crippen molar-refractivity contribution in [1.29, 1.82) is 0 Å². The fourth-order valence-corrected chi connectivity index (χ4v) is 1.40. The monoisotopic (exact) mass is 258 g/mol. The Morgan fingerprint density at radius 1 is 1.47 bits per heavy atom. The summed E-state index contributed by atoms with van der Waals surface area (Å²) in [5.74, 6) is 0.215. The number of benzene rings is 1. The molecule has 0 fully saturated rings. The number of hydrogen-bond acceptors (Lipinski definition) is 4. The van der Waals surface area contributed by atoms with Gasteiger partial charge in [-0.25, -0.2) is 0 Å². The summed E-state index contributed by atoms with van der Waals surface area (Å²) in [7, 11) is 3.81. The zero-order valence-electron chi connectivity index (χ0n) is 10.1. The molecule has 0 aliphatic carbocycles. The topological polar surface area (TPSA) is 55.6 Å². The van der Waals surface area contributed by atoms with E-state index < -0.39 is 4.92 Å². The number of rotatable bonds is 5. The second-order valence-corrected chi connectivity index (χ2v) is 4.39. The minimum absolute atomic E-state index is 0.0503. The SMILES string of the molecule is Cc1cc([N+](=O)[O-])c(OCCN(C)C)cc1Cl. The predicted octanol–water partition coefficient (Wildman–Crippen LogP) is 2.50. The normalized spacial score (nSPS) is 10.6. The minimum atomic E-state index is -0.464. The van der Waals surface area contributed by atoms with Crippen molar-refractivity contribution in [2.24, 2.45) is 0 Å². The molecule has 0 amide bonds. The van der Waals surface area contributed by atoms with E-state index in [1.165, 1.54) is 12.1 Å². The first-order valence-corrected chi connectivity index (χ1v) is 5.51. The van der Waals surface area contributed by atoms with Gasteiger partial charge in [0.1, 0.15) is 6.61 Å². The molecule has 0 aliphatic heterocycles. The highest BCUT2D eigenvalue weighted by Crippen LogP contribution is 2.32. The molecule has 0 bridgehead atoms. The number of nitro benzene ring substituents is 1. The molecule has 0 N–H and O–H groups in total. The van der Waals surface area contributed by atoms with E-state index in [1.54, 1.807) is 6.92 Å². The molecule has 1 rings (SSSR count). The Labute approximate surface area is 105 Å². The molecule has 0 spiro atoms. The number of ether oxygens (including phenoxy) is 1. The molecule has 94 valence electrons. The van der Waals surface area contributed by atoms with E-state index in [4.69, 9.17) is 16.3 Å². The highest BCUT2D eigenvalue weighted by atomic mass is 35.5. The molecule has 17 heavy (non-hydrogen) atoms. The van der Waals surface area contributed by atoms with Crippen LogP contribution < -0.4 is 4.74 Å². The fourth-order valence-electron chi connectivity index (χ4n) is 1.24. The molecule has 1 aromatic rings. The summed E-state index contributed by atoms with van der Waals surface area (Å²) in [6.07, 6.45) is 0. The summed E-state index contributed by atoms with van der Waals surface area (Å²) >= 11 is 5.92. The lowest BCUT2D eigenvalue weighted by Gasteiger charge is -2.11. The lowest BCUT2D eigenvalue weighted by atomic mass is 10.2. The third-order valence-electron chi connectivity index (χ3n) is 2.23. The van der Waals surface area contributed by atoms with Crippen LogP contribution in [0.5, 0.6) is 5.75 Å². The second-order valence-electron chi connectivity index (χ2n) is 3.98. The average Bonchev–Trinajstić information content (AvgIpc) is 2.22. The zero-order valence-corrected chi connectivity index (χ0v) is 10.8. The number of nitrogens with zero attached hydrogens (tertiary/aromatic N) is 2. The maximum absolute atomic E-state index is 10.9. The smallest absolute Gasteiger partial charge is 0.311 e. The van der Waals surface area contributed by atoms with Gasteiger partial charge < -0.3 is 9.64 Å². The summed E-state index contributed by atoms with van der Waals surface area (Å²) < 4.78 is 5.38. The Balaban J connectivity index is 2.89. The lowest BCUT2D eigenvalue weighted by Crippen LogP contribution is -2.19. The Hall–Kier alpha value is -1.33. The van der Waals surface area contributed by atoms with E-state index in [9.17, 15) is 10.1 Å². The summed E-state index contributed by atoms with van der Waals surface area (Å²) in [4.78, 5) is 12.3. The molecule has 0 saturated carbocycles. The van der Waals surface area contributed by atoms with Gasteiger partial charge >= 0.3 is 5.69 Å². The van der Waals surface area contributed by atoms with Gasteiger partial charge in [-0.2, -0.15) is 0 Å². The largest absolute Gasteiger partial charge is 0.485 e. The molecule has 0 radical (unpaired) electrons. The molecule has 0 aliphatic rings. The predicted molar refractivity (Wildman–Crippen MR) is 66.9 cm³/mol. The van der Waals surface area contributed by atoms with Gasteiger partial charge in [0.25, 0.3) is 0 Å². The van der Waals surface area contributed by atoms with E-state index in [0.717, 1.165) is 0 Å². The van der Waals surface area contributed by atoms with Gasteiger partial charge in [-0.15, -0.1) is 0 Å². The van der Waals surface area contributed by atoms with Crippen LogP contribution in [-0.2, 0) is 0 Å². The van der Waals surface area contributed by atoms with Gasteiger partial charge in [0.15, 0.2) is 5.75 Å². The Kier molecular flexibility index (Phi) is 4.72. The van der Waals surface area contributed by atoms with Gasteiger partial charge in [-0.1, -0.05) is 11.6 Å². The van der Waals surface area contributed by atoms with Crippen LogP contribution >= 0.6 is 11.6 Å². The van der Waals surface area contributed by atoms with Crippen LogP contribution in [0.3, 0.4) is 0 Å². The van der Waals surface area contributed by atoms with Crippen molar-refractivity contribution in [2.75, 3.05) is 27.2 Å². The molecule has 5 nitrogen and oxygen atoms in total. The molecule has 0 saturated heterocycles. The van der Waals surface area contributed by atoms with Gasteiger partial charge in [0.2, 0.25) is 0 Å². The maximum Gasteiger partial charge on any atom is 0.311 e. The summed E-state index contributed by atoms with van der Waals surface area (Å²) in [6.45, 7) is 2.79. The van der Waals surface area contributed by atoms with Crippen molar-refractivity contribution in [3.8, 4) is 5.75 Å². The summed E-state index contributed by atoms with van der Waals surface area (Å²) in [6, 6.07) is 2.91. The molecule has 0 aromatic heterocycles. The molecular formula is C11H15ClN2O3. The van der Waals surface area contributed by atoms with Crippen molar-refractivity contribution in [1.82, 2.24) is 4.90 Å². The standard InChI is InChI=1S/C11H15ClN2O3/c1-8-6-10(14(15)16)11(7-9(8)12)17-5-4-13(2)3/h6-7H,4-5H2,1-3H3. The lowest BCUT2D eigenvalue weighted by molar-refractivity contribution is -0.385. The fraction of sp³-hybridized carbons (Fsp3) is 0.455. The van der Waals surface area contributed by atoms with Crippen LogP contribution in [0.2, 0.25) is 5.02 Å². The number of halogens is 1. The van der Waals surface area contributed by atoms with Gasteiger partial charge in [0.05, 0.1) is 4.92 Å². The van der Waals surface area contributed by atoms with Gasteiger partial charge in [0, 0.05) is 23.7 Å². The first kappa shape index (κ1) is 13.7. The molecule has 6 heteroatoms. The first-order valence-electron chi connectivity index (χ1n) is 5.14. The van der Waals surface area contributed by atoms with Crippen LogP contribution in [0.25, 0.3) is 0 Å². The van der Waals surface area contributed by atoms with Gasteiger partial charge in [-0.05, 0) is 26.6 Å². The molecule has 0 unspecified atom stereocenters. The van der Waals surface area contributed by atoms with Gasteiger partial charge in [-0.3, -0.25) is 10.1 Å². The molecule has 1 aromatic carbocycles. The highest BCUT2D eigenvalue weighted by Gasteiger charge is 2.17. The molecule has 0 heterocycles. The molecule has 0 atom stereocenters. The third-order valence-corrected chi connectivity index (χ3v) is 2.64. The number of likely N-dealkylation sites (N-methyl/N-ethyl adjacent to an activating group) is 1. The quantitative estimate of drug-likeness (QED) is 0.601. The van der Waals surface area contributed by atoms with Crippen molar-refractivity contribution in [2.45, 2.75) is 6.92 Å². The van der Waals surface area contributed by atoms with Crippen LogP contribution in [0, 0.1) is 17.0 Å². The third kappa shape index (κ3) is 3.87. The van der Waals surface area contributed by atoms with E-state index in [1.807, 2.05) is 19.0 Å². The van der Waals surface area contributed by atoms with Crippen molar-refractivity contribution < 1.29 is 9.66 Å². The van der Waals surface area contributed by atoms with Crippen molar-refractivity contribution >= 4 is 17.3 Å². The second kappa shape index (κ2) is 5.84. The van der Waals surface area contributed by atoms with Crippen LogP contribution in [0.1, 0.15) is 5.56 Å².